The van der Waals surface area contributed by atoms with Gasteiger partial charge in [0.25, 0.3) is 0 Å². The minimum absolute atomic E-state index is 0.321. The third-order valence-corrected chi connectivity index (χ3v) is 6.33. The van der Waals surface area contributed by atoms with Gasteiger partial charge in [-0.1, -0.05) is 61.2 Å². The molecule has 0 unspecified atom stereocenters. The van der Waals surface area contributed by atoms with Gasteiger partial charge in [-0.25, -0.2) is 4.79 Å². The zero-order chi connectivity index (χ0) is 26.2. The molecule has 37 heavy (non-hydrogen) atoms. The van der Waals surface area contributed by atoms with Crippen molar-refractivity contribution in [2.75, 3.05) is 19.8 Å². The van der Waals surface area contributed by atoms with Gasteiger partial charge >= 0.3 is 5.97 Å². The van der Waals surface area contributed by atoms with Gasteiger partial charge in [-0.2, -0.15) is 0 Å². The van der Waals surface area contributed by atoms with Gasteiger partial charge in [-0.3, -0.25) is 0 Å². The van der Waals surface area contributed by atoms with Gasteiger partial charge in [-0.05, 0) is 61.7 Å². The number of aromatic nitrogens is 1. The molecule has 1 aromatic heterocycles. The number of aromatic carboxylic acids is 1. The van der Waals surface area contributed by atoms with Crippen LogP contribution in [0, 0.1) is 0 Å². The highest BCUT2D eigenvalue weighted by Crippen LogP contribution is 2.29. The Hall–Kier alpha value is -4.03. The second-order valence-electron chi connectivity index (χ2n) is 8.76. The quantitative estimate of drug-likeness (QED) is 0.216. The molecule has 0 amide bonds. The van der Waals surface area contributed by atoms with Crippen molar-refractivity contribution in [1.29, 1.82) is 0 Å². The smallest absolute Gasteiger partial charge is 0.352 e. The zero-order valence-electron chi connectivity index (χ0n) is 21.5. The normalized spacial score (nSPS) is 11.0. The Kier molecular flexibility index (Phi) is 8.64. The molecule has 0 fully saturated rings. The fourth-order valence-electron chi connectivity index (χ4n) is 4.60. The van der Waals surface area contributed by atoms with Crippen LogP contribution in [0.15, 0.2) is 73.3 Å². The van der Waals surface area contributed by atoms with E-state index in [1.54, 1.807) is 6.08 Å². The first-order valence-corrected chi connectivity index (χ1v) is 12.7. The highest BCUT2D eigenvalue weighted by molar-refractivity contribution is 5.98. The van der Waals surface area contributed by atoms with Crippen molar-refractivity contribution in [3.63, 3.8) is 0 Å². The zero-order valence-corrected chi connectivity index (χ0v) is 21.5. The highest BCUT2D eigenvalue weighted by atomic mass is 16.5. The van der Waals surface area contributed by atoms with Gasteiger partial charge in [0.15, 0.2) is 11.5 Å². The highest BCUT2D eigenvalue weighted by Gasteiger charge is 2.22. The molecule has 6 heteroatoms. The molecule has 0 saturated carbocycles. The van der Waals surface area contributed by atoms with E-state index in [9.17, 15) is 9.90 Å². The number of para-hydroxylation sites is 1. The molecule has 4 rings (SSSR count). The summed E-state index contributed by atoms with van der Waals surface area (Å²) in [5.41, 5.74) is 5.23. The summed E-state index contributed by atoms with van der Waals surface area (Å²) < 4.78 is 13.3. The van der Waals surface area contributed by atoms with Crippen LogP contribution in [0.1, 0.15) is 46.6 Å². The summed E-state index contributed by atoms with van der Waals surface area (Å²) in [5, 5.41) is 14.6. The molecule has 0 spiro atoms. The van der Waals surface area contributed by atoms with E-state index < -0.39 is 5.97 Å². The first-order valence-electron chi connectivity index (χ1n) is 12.7. The number of carboxylic acids is 1. The Bertz CT molecular complexity index is 1370. The average Bonchev–Trinajstić information content (AvgIpc) is 3.22. The Labute approximate surface area is 218 Å². The number of benzene rings is 3. The monoisotopic (exact) mass is 498 g/mol. The molecule has 0 bridgehead atoms. The maximum absolute atomic E-state index is 12.5. The summed E-state index contributed by atoms with van der Waals surface area (Å²) in [6.45, 7) is 10.5. The Morgan fingerprint density at radius 1 is 0.973 bits per heavy atom. The van der Waals surface area contributed by atoms with Crippen molar-refractivity contribution in [2.24, 2.45) is 0 Å². The van der Waals surface area contributed by atoms with Crippen molar-refractivity contribution in [2.45, 2.75) is 33.4 Å². The summed E-state index contributed by atoms with van der Waals surface area (Å²) >= 11 is 0. The Balaban J connectivity index is 1.53. The number of hydrogen-bond donors (Lipinski definition) is 2. The molecule has 192 valence electrons. The van der Waals surface area contributed by atoms with Crippen LogP contribution in [0.2, 0.25) is 0 Å². The molecule has 3 aromatic carbocycles. The van der Waals surface area contributed by atoms with Crippen LogP contribution in [0.4, 0.5) is 0 Å². The molecular weight excluding hydrogens is 464 g/mol. The van der Waals surface area contributed by atoms with E-state index in [4.69, 9.17) is 9.47 Å². The van der Waals surface area contributed by atoms with E-state index in [1.807, 2.05) is 85.1 Å². The lowest BCUT2D eigenvalue weighted by atomic mass is 10.1. The molecule has 0 aliphatic carbocycles. The number of nitrogens with one attached hydrogen (secondary N) is 1. The number of ether oxygens (including phenoxy) is 2. The van der Waals surface area contributed by atoms with Crippen molar-refractivity contribution >= 4 is 22.9 Å². The van der Waals surface area contributed by atoms with Crippen LogP contribution in [-0.4, -0.2) is 35.4 Å². The molecule has 0 saturated heterocycles. The van der Waals surface area contributed by atoms with Gasteiger partial charge in [0, 0.05) is 29.6 Å². The van der Waals surface area contributed by atoms with Gasteiger partial charge in [0.2, 0.25) is 0 Å². The summed E-state index contributed by atoms with van der Waals surface area (Å²) in [6.07, 6.45) is 2.58. The predicted molar refractivity (Wildman–Crippen MR) is 149 cm³/mol. The summed E-state index contributed by atoms with van der Waals surface area (Å²) in [7, 11) is 0. The van der Waals surface area contributed by atoms with Crippen LogP contribution < -0.4 is 14.8 Å². The largest absolute Gasteiger partial charge is 0.490 e. The molecule has 0 radical (unpaired) electrons. The third kappa shape index (κ3) is 6.04. The predicted octanol–water partition coefficient (Wildman–Crippen LogP) is 6.16. The maximum Gasteiger partial charge on any atom is 0.352 e. The number of hydrogen-bond acceptors (Lipinski definition) is 4. The lowest BCUT2D eigenvalue weighted by molar-refractivity contribution is 0.0684. The van der Waals surface area contributed by atoms with Gasteiger partial charge in [-0.15, -0.1) is 0 Å². The lowest BCUT2D eigenvalue weighted by Crippen LogP contribution is -2.19. The number of carbonyl (C=O) groups is 1. The summed E-state index contributed by atoms with van der Waals surface area (Å²) in [5.74, 6) is 0.571. The van der Waals surface area contributed by atoms with E-state index in [0.29, 0.717) is 38.5 Å². The molecule has 0 aliphatic rings. The van der Waals surface area contributed by atoms with Gasteiger partial charge in [0.1, 0.15) is 5.69 Å². The Morgan fingerprint density at radius 3 is 2.38 bits per heavy atom. The first kappa shape index (κ1) is 26.0. The van der Waals surface area contributed by atoms with E-state index in [0.717, 1.165) is 51.1 Å². The fourth-order valence-corrected chi connectivity index (χ4v) is 4.60. The summed E-state index contributed by atoms with van der Waals surface area (Å²) in [6, 6.07) is 21.9. The second kappa shape index (κ2) is 12.3. The number of rotatable bonds is 13. The second-order valence-corrected chi connectivity index (χ2v) is 8.76. The van der Waals surface area contributed by atoms with Crippen molar-refractivity contribution < 1.29 is 19.4 Å². The van der Waals surface area contributed by atoms with E-state index in [2.05, 4.69) is 11.9 Å². The Morgan fingerprint density at radius 2 is 1.68 bits per heavy atom. The third-order valence-electron chi connectivity index (χ3n) is 6.33. The number of fused-ring (bicyclic) bond motifs is 1. The SMILES string of the molecule is C=Cc1ccc(Cn2c(C(=O)O)c(CNCCc3ccc(OCC)c(OCC)c3)c3ccccc32)cc1. The van der Waals surface area contributed by atoms with E-state index in [-0.39, 0.29) is 0 Å². The molecule has 0 aliphatic heterocycles. The van der Waals surface area contributed by atoms with Crippen molar-refractivity contribution in [3.05, 3.63) is 101 Å². The van der Waals surface area contributed by atoms with Crippen LogP contribution in [0.25, 0.3) is 17.0 Å². The first-order chi connectivity index (χ1) is 18.0. The molecule has 1 heterocycles. The van der Waals surface area contributed by atoms with Crippen LogP contribution >= 0.6 is 0 Å². The van der Waals surface area contributed by atoms with Gasteiger partial charge in [0.05, 0.1) is 13.2 Å². The van der Waals surface area contributed by atoms with Crippen LogP contribution in [-0.2, 0) is 19.5 Å². The maximum atomic E-state index is 12.5. The fraction of sp³-hybridized carbons (Fsp3) is 0.258. The molecular formula is C31H34N2O4. The van der Waals surface area contributed by atoms with Crippen LogP contribution in [0.3, 0.4) is 0 Å². The van der Waals surface area contributed by atoms with Crippen molar-refractivity contribution in [1.82, 2.24) is 9.88 Å². The number of nitrogens with zero attached hydrogens (tertiary/aromatic N) is 1. The molecule has 0 atom stereocenters. The summed E-state index contributed by atoms with van der Waals surface area (Å²) in [4.78, 5) is 12.5. The minimum atomic E-state index is -0.927. The lowest BCUT2D eigenvalue weighted by Gasteiger charge is -2.13. The number of carboxylic acid groups (broad SMARTS) is 1. The van der Waals surface area contributed by atoms with E-state index in [1.165, 1.54) is 0 Å². The minimum Gasteiger partial charge on any atom is -0.490 e. The topological polar surface area (TPSA) is 72.7 Å². The molecule has 2 N–H and O–H groups in total. The van der Waals surface area contributed by atoms with Crippen molar-refractivity contribution in [3.8, 4) is 11.5 Å². The molecule has 4 aromatic rings. The average molecular weight is 499 g/mol. The van der Waals surface area contributed by atoms with E-state index >= 15 is 0 Å². The van der Waals surface area contributed by atoms with Gasteiger partial charge < -0.3 is 24.5 Å². The standard InChI is InChI=1S/C31H34N2O4/c1-4-22-11-13-24(14-12-22)21-33-27-10-8-7-9-25(27)26(30(33)31(34)35)20-32-18-17-23-15-16-28(36-5-2)29(19-23)37-6-3/h4,7-16,19,32H,1,5-6,17-18,20-21H2,2-3H3,(H,34,35). The van der Waals surface area contributed by atoms with Crippen LogP contribution in [0.5, 0.6) is 11.5 Å². The molecule has 6 nitrogen and oxygen atoms in total.